The summed E-state index contributed by atoms with van der Waals surface area (Å²) in [4.78, 5) is 27.0. The number of hydrogen-bond acceptors (Lipinski definition) is 5. The molecule has 0 aliphatic carbocycles. The molecule has 0 N–H and O–H groups in total. The molecule has 4 aromatic carbocycles. The van der Waals surface area contributed by atoms with Gasteiger partial charge >= 0.3 is 0 Å². The average Bonchev–Trinajstić information content (AvgIpc) is 3.00. The van der Waals surface area contributed by atoms with Crippen LogP contribution in [0.5, 0.6) is 11.5 Å². The molecule has 0 spiro atoms. The van der Waals surface area contributed by atoms with E-state index in [0.29, 0.717) is 43.2 Å². The van der Waals surface area contributed by atoms with Crippen LogP contribution in [0.3, 0.4) is 0 Å². The van der Waals surface area contributed by atoms with Crippen LogP contribution < -0.4 is 9.47 Å². The summed E-state index contributed by atoms with van der Waals surface area (Å²) in [5.41, 5.74) is 7.26. The number of rotatable bonds is 8. The number of likely N-dealkylation sites (tertiary alicyclic amines) is 2. The zero-order valence-corrected chi connectivity index (χ0v) is 24.8. The third-order valence-corrected chi connectivity index (χ3v) is 8.19. The lowest BCUT2D eigenvalue weighted by molar-refractivity contribution is -0.137. The molecular formula is C37H33N3O4. The van der Waals surface area contributed by atoms with E-state index in [1.165, 1.54) is 11.6 Å². The molecule has 7 nitrogen and oxygen atoms in total. The van der Waals surface area contributed by atoms with E-state index in [1.807, 2.05) is 54.6 Å². The lowest BCUT2D eigenvalue weighted by Crippen LogP contribution is -2.55. The van der Waals surface area contributed by atoms with Crippen LogP contribution >= 0.6 is 0 Å². The summed E-state index contributed by atoms with van der Waals surface area (Å²) < 4.78 is 12.6. The molecule has 44 heavy (non-hydrogen) atoms. The van der Waals surface area contributed by atoms with E-state index in [0.717, 1.165) is 33.4 Å². The molecule has 0 unspecified atom stereocenters. The van der Waals surface area contributed by atoms with Gasteiger partial charge in [-0.05, 0) is 65.1 Å². The van der Waals surface area contributed by atoms with Gasteiger partial charge in [-0.25, -0.2) is 0 Å². The molecule has 2 aliphatic rings. The maximum Gasteiger partial charge on any atom is 0.246 e. The lowest BCUT2D eigenvalue weighted by atomic mass is 9.93. The predicted octanol–water partition coefficient (Wildman–Crippen LogP) is 6.25. The van der Waals surface area contributed by atoms with E-state index < -0.39 is 0 Å². The van der Waals surface area contributed by atoms with Gasteiger partial charge in [-0.15, -0.1) is 0 Å². The Bertz CT molecular complexity index is 1780. The van der Waals surface area contributed by atoms with Gasteiger partial charge in [0.15, 0.2) is 0 Å². The van der Waals surface area contributed by atoms with Crippen LogP contribution in [-0.2, 0) is 9.59 Å². The van der Waals surface area contributed by atoms with Crippen LogP contribution in [0.1, 0.15) is 18.1 Å². The van der Waals surface area contributed by atoms with Gasteiger partial charge in [-0.3, -0.25) is 9.59 Å². The molecule has 4 aromatic rings. The first-order valence-electron chi connectivity index (χ1n) is 14.7. The third-order valence-electron chi connectivity index (χ3n) is 8.19. The van der Waals surface area contributed by atoms with Crippen molar-refractivity contribution in [2.75, 3.05) is 26.2 Å². The highest BCUT2D eigenvalue weighted by Crippen LogP contribution is 2.38. The number of hydrogen-bond donors (Lipinski definition) is 0. The van der Waals surface area contributed by atoms with E-state index in [2.05, 4.69) is 49.9 Å². The summed E-state index contributed by atoms with van der Waals surface area (Å²) in [6, 6.07) is 30.4. The van der Waals surface area contributed by atoms with Gasteiger partial charge in [0.1, 0.15) is 23.7 Å². The van der Waals surface area contributed by atoms with Crippen LogP contribution in [0.15, 0.2) is 97.6 Å². The number of ether oxygens (including phenoxy) is 2. The van der Waals surface area contributed by atoms with E-state index in [9.17, 15) is 14.9 Å². The van der Waals surface area contributed by atoms with Crippen molar-refractivity contribution in [1.82, 2.24) is 9.80 Å². The molecule has 220 valence electrons. The van der Waals surface area contributed by atoms with Gasteiger partial charge < -0.3 is 19.3 Å². The number of carbonyl (C=O) groups is 2. The number of benzene rings is 4. The molecule has 2 saturated heterocycles. The molecule has 0 bridgehead atoms. The Balaban J connectivity index is 1.28. The molecule has 0 aromatic heterocycles. The fourth-order valence-corrected chi connectivity index (χ4v) is 5.54. The maximum absolute atomic E-state index is 11.8. The van der Waals surface area contributed by atoms with Crippen molar-refractivity contribution in [3.63, 3.8) is 0 Å². The molecule has 7 heteroatoms. The summed E-state index contributed by atoms with van der Waals surface area (Å²) in [5.74, 6) is 1.35. The zero-order valence-electron chi connectivity index (χ0n) is 24.8. The molecular weight excluding hydrogens is 550 g/mol. The molecule has 2 fully saturated rings. The lowest BCUT2D eigenvalue weighted by Gasteiger charge is -2.38. The summed E-state index contributed by atoms with van der Waals surface area (Å²) in [6.07, 6.45) is 1.14. The monoisotopic (exact) mass is 583 g/mol. The highest BCUT2D eigenvalue weighted by molar-refractivity contribution is 5.87. The summed E-state index contributed by atoms with van der Waals surface area (Å²) >= 11 is 0. The van der Waals surface area contributed by atoms with Crippen molar-refractivity contribution in [2.24, 2.45) is 0 Å². The minimum atomic E-state index is -0.0963. The Hall–Kier alpha value is -5.35. The Labute approximate surface area is 257 Å². The normalized spacial score (nSPS) is 14.7. The smallest absolute Gasteiger partial charge is 0.246 e. The molecule has 2 amide bonds. The summed E-state index contributed by atoms with van der Waals surface area (Å²) in [5, 5.41) is 10.2. The summed E-state index contributed by atoms with van der Waals surface area (Å²) in [6.45, 7) is 9.31. The Kier molecular flexibility index (Phi) is 7.91. The number of aryl methyl sites for hydroxylation is 1. The fraction of sp³-hybridized carbons (Fsp3) is 0.216. The van der Waals surface area contributed by atoms with Crippen LogP contribution in [0.4, 0.5) is 0 Å². The second-order valence-corrected chi connectivity index (χ2v) is 11.3. The number of nitriles is 1. The van der Waals surface area contributed by atoms with Gasteiger partial charge in [0, 0.05) is 12.5 Å². The van der Waals surface area contributed by atoms with E-state index in [1.54, 1.807) is 16.7 Å². The second-order valence-electron chi connectivity index (χ2n) is 11.3. The minimum Gasteiger partial charge on any atom is -0.487 e. The van der Waals surface area contributed by atoms with E-state index in [4.69, 9.17) is 9.47 Å². The Morgan fingerprint density at radius 2 is 1.43 bits per heavy atom. The number of amides is 2. The molecule has 0 saturated carbocycles. The minimum absolute atomic E-state index is 0.0413. The molecule has 0 radical (unpaired) electrons. The van der Waals surface area contributed by atoms with Gasteiger partial charge in [-0.2, -0.15) is 5.26 Å². The standard InChI is InChI=1S/C37H33N3O4/c1-4-37(42)40-22-32(23-40)43-31-7-5-6-28(17-31)34-14-13-29(16-30(34)19-38)35-15-12-27(26-10-8-24(2)9-11-26)18-36(35)44-33-20-39(21-33)25(3)41/h4-18,32-33H,1,20-23H2,2-3H3. The first kappa shape index (κ1) is 28.8. The average molecular weight is 584 g/mol. The van der Waals surface area contributed by atoms with Crippen molar-refractivity contribution in [1.29, 1.82) is 5.26 Å². The first-order chi connectivity index (χ1) is 21.3. The Morgan fingerprint density at radius 3 is 2.14 bits per heavy atom. The van der Waals surface area contributed by atoms with Gasteiger partial charge in [0.05, 0.1) is 37.8 Å². The van der Waals surface area contributed by atoms with E-state index in [-0.39, 0.29) is 24.0 Å². The highest BCUT2D eigenvalue weighted by atomic mass is 16.5. The topological polar surface area (TPSA) is 82.9 Å². The number of nitrogens with zero attached hydrogens (tertiary/aromatic N) is 3. The molecule has 6 rings (SSSR count). The van der Waals surface area contributed by atoms with Crippen molar-refractivity contribution < 1.29 is 19.1 Å². The fourth-order valence-electron chi connectivity index (χ4n) is 5.54. The number of carbonyl (C=O) groups excluding carboxylic acids is 2. The second kappa shape index (κ2) is 12.1. The van der Waals surface area contributed by atoms with Gasteiger partial charge in [0.2, 0.25) is 11.8 Å². The van der Waals surface area contributed by atoms with Gasteiger partial charge in [-0.1, -0.05) is 72.8 Å². The van der Waals surface area contributed by atoms with Crippen molar-refractivity contribution in [3.05, 3.63) is 109 Å². The van der Waals surface area contributed by atoms with Crippen LogP contribution in [0.2, 0.25) is 0 Å². The zero-order chi connectivity index (χ0) is 30.8. The van der Waals surface area contributed by atoms with Crippen LogP contribution in [0, 0.1) is 18.3 Å². The summed E-state index contributed by atoms with van der Waals surface area (Å²) in [7, 11) is 0. The van der Waals surface area contributed by atoms with Crippen molar-refractivity contribution >= 4 is 11.8 Å². The van der Waals surface area contributed by atoms with Crippen molar-refractivity contribution in [2.45, 2.75) is 26.1 Å². The predicted molar refractivity (Wildman–Crippen MR) is 170 cm³/mol. The maximum atomic E-state index is 11.8. The molecule has 2 aliphatic heterocycles. The molecule has 2 heterocycles. The highest BCUT2D eigenvalue weighted by Gasteiger charge is 2.32. The van der Waals surface area contributed by atoms with E-state index >= 15 is 0 Å². The largest absolute Gasteiger partial charge is 0.487 e. The SMILES string of the molecule is C=CC(=O)N1CC(Oc2cccc(-c3ccc(-c4ccc(-c5ccc(C)cc5)cc4OC4CN(C(C)=O)C4)cc3C#N)c2)C1. The third kappa shape index (κ3) is 5.93. The Morgan fingerprint density at radius 1 is 0.795 bits per heavy atom. The quantitative estimate of drug-likeness (QED) is 0.229. The van der Waals surface area contributed by atoms with Crippen LogP contribution in [-0.4, -0.2) is 60.0 Å². The molecule has 0 atom stereocenters. The van der Waals surface area contributed by atoms with Crippen molar-refractivity contribution in [3.8, 4) is 50.9 Å². The van der Waals surface area contributed by atoms with Gasteiger partial charge in [0.25, 0.3) is 0 Å². The van der Waals surface area contributed by atoms with Crippen LogP contribution in [0.25, 0.3) is 33.4 Å². The first-order valence-corrected chi connectivity index (χ1v) is 14.7.